The SMILES string of the molecule is CCc1ccc(NC2=C(c3ccc(OC)cc3)C(=O)N(c3ccc(C(C)(C)C)cc3)C2=O)cc1. The highest BCUT2D eigenvalue weighted by atomic mass is 16.5. The van der Waals surface area contributed by atoms with Crippen LogP contribution in [0.15, 0.2) is 78.5 Å². The quantitative estimate of drug-likeness (QED) is 0.468. The highest BCUT2D eigenvalue weighted by Gasteiger charge is 2.40. The van der Waals surface area contributed by atoms with Crippen LogP contribution in [0.25, 0.3) is 5.57 Å². The number of imide groups is 1. The van der Waals surface area contributed by atoms with Gasteiger partial charge in [0.25, 0.3) is 11.8 Å². The second kappa shape index (κ2) is 9.18. The molecular formula is C29H30N2O3. The minimum atomic E-state index is -0.376. The zero-order chi connectivity index (χ0) is 24.5. The number of amides is 2. The minimum Gasteiger partial charge on any atom is -0.497 e. The smallest absolute Gasteiger partial charge is 0.282 e. The number of nitrogens with zero attached hydrogens (tertiary/aromatic N) is 1. The Balaban J connectivity index is 1.75. The van der Waals surface area contributed by atoms with Crippen LogP contribution < -0.4 is 15.0 Å². The first-order chi connectivity index (χ1) is 16.2. The molecule has 0 saturated carbocycles. The van der Waals surface area contributed by atoms with Crippen LogP contribution in [-0.2, 0) is 21.4 Å². The van der Waals surface area contributed by atoms with E-state index in [2.05, 4.69) is 33.0 Å². The summed E-state index contributed by atoms with van der Waals surface area (Å²) in [6.45, 7) is 8.48. The van der Waals surface area contributed by atoms with Crippen LogP contribution in [0.3, 0.4) is 0 Å². The number of carbonyl (C=O) groups is 2. The van der Waals surface area contributed by atoms with E-state index in [1.165, 1.54) is 10.5 Å². The van der Waals surface area contributed by atoms with E-state index in [9.17, 15) is 9.59 Å². The lowest BCUT2D eigenvalue weighted by molar-refractivity contribution is -0.120. The molecule has 4 rings (SSSR count). The predicted molar refractivity (Wildman–Crippen MR) is 137 cm³/mol. The fourth-order valence-corrected chi connectivity index (χ4v) is 3.98. The van der Waals surface area contributed by atoms with E-state index in [1.807, 2.05) is 48.5 Å². The molecule has 2 amide bonds. The van der Waals surface area contributed by atoms with Gasteiger partial charge in [-0.3, -0.25) is 9.59 Å². The van der Waals surface area contributed by atoms with Gasteiger partial charge in [-0.1, -0.05) is 64.1 Å². The average molecular weight is 455 g/mol. The molecule has 0 aromatic heterocycles. The van der Waals surface area contributed by atoms with Crippen molar-refractivity contribution in [2.45, 2.75) is 39.5 Å². The van der Waals surface area contributed by atoms with E-state index >= 15 is 0 Å². The van der Waals surface area contributed by atoms with E-state index < -0.39 is 0 Å². The largest absolute Gasteiger partial charge is 0.497 e. The molecule has 5 nitrogen and oxygen atoms in total. The maximum absolute atomic E-state index is 13.6. The average Bonchev–Trinajstić information content (AvgIpc) is 3.08. The summed E-state index contributed by atoms with van der Waals surface area (Å²) in [6, 6.07) is 22.7. The highest BCUT2D eigenvalue weighted by molar-refractivity contribution is 6.46. The number of nitrogens with one attached hydrogen (secondary N) is 1. The zero-order valence-electron chi connectivity index (χ0n) is 20.3. The molecule has 0 saturated heterocycles. The van der Waals surface area contributed by atoms with E-state index in [1.54, 1.807) is 31.4 Å². The number of aryl methyl sites for hydroxylation is 1. The van der Waals surface area contributed by atoms with Crippen molar-refractivity contribution in [1.29, 1.82) is 0 Å². The lowest BCUT2D eigenvalue weighted by Gasteiger charge is -2.21. The van der Waals surface area contributed by atoms with Gasteiger partial charge in [0.15, 0.2) is 0 Å². The number of ether oxygens (including phenoxy) is 1. The van der Waals surface area contributed by atoms with Gasteiger partial charge in [0.05, 0.1) is 18.4 Å². The van der Waals surface area contributed by atoms with Gasteiger partial charge < -0.3 is 10.1 Å². The first-order valence-corrected chi connectivity index (χ1v) is 11.5. The Morgan fingerprint density at radius 2 is 1.44 bits per heavy atom. The third-order valence-electron chi connectivity index (χ3n) is 6.09. The van der Waals surface area contributed by atoms with Crippen molar-refractivity contribution in [1.82, 2.24) is 0 Å². The van der Waals surface area contributed by atoms with Gasteiger partial charge in [-0.15, -0.1) is 0 Å². The minimum absolute atomic E-state index is 0.0264. The normalized spacial score (nSPS) is 14.1. The monoisotopic (exact) mass is 454 g/mol. The standard InChI is InChI=1S/C29H30N2O3/c1-6-19-7-13-22(14-8-19)30-26-25(20-9-17-24(34-5)18-10-20)27(32)31(28(26)33)23-15-11-21(12-16-23)29(2,3)4/h7-18,30H,6H2,1-5H3. The van der Waals surface area contributed by atoms with E-state index in [0.29, 0.717) is 22.6 Å². The fraction of sp³-hybridized carbons (Fsp3) is 0.241. The lowest BCUT2D eigenvalue weighted by Crippen LogP contribution is -2.32. The molecule has 34 heavy (non-hydrogen) atoms. The Bertz CT molecular complexity index is 1230. The third-order valence-corrected chi connectivity index (χ3v) is 6.09. The summed E-state index contributed by atoms with van der Waals surface area (Å²) >= 11 is 0. The van der Waals surface area contributed by atoms with Crippen molar-refractivity contribution in [3.05, 3.63) is 95.2 Å². The summed E-state index contributed by atoms with van der Waals surface area (Å²) in [6.07, 6.45) is 0.926. The van der Waals surface area contributed by atoms with Crippen LogP contribution in [0.2, 0.25) is 0 Å². The van der Waals surface area contributed by atoms with Gasteiger partial charge in [0.1, 0.15) is 11.4 Å². The Labute approximate surface area is 201 Å². The number of hydrogen-bond acceptors (Lipinski definition) is 4. The van der Waals surface area contributed by atoms with Crippen LogP contribution in [0.5, 0.6) is 5.75 Å². The molecule has 3 aromatic carbocycles. The predicted octanol–water partition coefficient (Wildman–Crippen LogP) is 5.95. The van der Waals surface area contributed by atoms with Crippen LogP contribution in [0.4, 0.5) is 11.4 Å². The van der Waals surface area contributed by atoms with Gasteiger partial charge in [-0.2, -0.15) is 0 Å². The molecule has 1 aliphatic heterocycles. The van der Waals surface area contributed by atoms with Crippen molar-refractivity contribution >= 4 is 28.8 Å². The Morgan fingerprint density at radius 1 is 0.824 bits per heavy atom. The first-order valence-electron chi connectivity index (χ1n) is 11.5. The molecule has 1 aliphatic rings. The molecular weight excluding hydrogens is 424 g/mol. The van der Waals surface area contributed by atoms with Gasteiger partial charge in [-0.05, 0) is 64.9 Å². The van der Waals surface area contributed by atoms with E-state index in [0.717, 1.165) is 17.7 Å². The summed E-state index contributed by atoms with van der Waals surface area (Å²) in [5, 5.41) is 3.22. The molecule has 3 aromatic rings. The summed E-state index contributed by atoms with van der Waals surface area (Å²) in [5.74, 6) is -0.0503. The molecule has 0 unspecified atom stereocenters. The summed E-state index contributed by atoms with van der Waals surface area (Å²) in [4.78, 5) is 28.5. The molecule has 0 bridgehead atoms. The fourth-order valence-electron chi connectivity index (χ4n) is 3.98. The van der Waals surface area contributed by atoms with Crippen LogP contribution in [0.1, 0.15) is 44.4 Å². The highest BCUT2D eigenvalue weighted by Crippen LogP contribution is 2.35. The maximum Gasteiger partial charge on any atom is 0.282 e. The molecule has 174 valence electrons. The molecule has 1 N–H and O–H groups in total. The zero-order valence-corrected chi connectivity index (χ0v) is 20.3. The molecule has 0 atom stereocenters. The second-order valence-corrected chi connectivity index (χ2v) is 9.40. The Morgan fingerprint density at radius 3 is 1.97 bits per heavy atom. The molecule has 0 aliphatic carbocycles. The summed E-state index contributed by atoms with van der Waals surface area (Å²) < 4.78 is 5.26. The lowest BCUT2D eigenvalue weighted by atomic mass is 9.87. The van der Waals surface area contributed by atoms with Crippen LogP contribution in [0, 0.1) is 0 Å². The van der Waals surface area contributed by atoms with Gasteiger partial charge in [-0.25, -0.2) is 4.90 Å². The van der Waals surface area contributed by atoms with Crippen molar-refractivity contribution in [2.75, 3.05) is 17.3 Å². The summed E-state index contributed by atoms with van der Waals surface area (Å²) in [5.41, 5.74) is 4.86. The molecule has 0 fully saturated rings. The van der Waals surface area contributed by atoms with E-state index in [4.69, 9.17) is 4.74 Å². The van der Waals surface area contributed by atoms with Crippen LogP contribution in [-0.4, -0.2) is 18.9 Å². The number of carbonyl (C=O) groups excluding carboxylic acids is 2. The number of benzene rings is 3. The Kier molecular flexibility index (Phi) is 6.29. The number of hydrogen-bond donors (Lipinski definition) is 1. The van der Waals surface area contributed by atoms with Gasteiger partial charge in [0.2, 0.25) is 0 Å². The molecule has 5 heteroatoms. The molecule has 0 spiro atoms. The first kappa shape index (κ1) is 23.3. The van der Waals surface area contributed by atoms with Crippen molar-refractivity contribution in [2.24, 2.45) is 0 Å². The van der Waals surface area contributed by atoms with Gasteiger partial charge in [0, 0.05) is 5.69 Å². The third kappa shape index (κ3) is 4.46. The van der Waals surface area contributed by atoms with Crippen molar-refractivity contribution in [3.8, 4) is 5.75 Å². The molecule has 0 radical (unpaired) electrons. The van der Waals surface area contributed by atoms with Crippen molar-refractivity contribution in [3.63, 3.8) is 0 Å². The van der Waals surface area contributed by atoms with Gasteiger partial charge >= 0.3 is 0 Å². The molecule has 1 heterocycles. The Hall–Kier alpha value is -3.86. The van der Waals surface area contributed by atoms with E-state index in [-0.39, 0.29) is 22.9 Å². The summed E-state index contributed by atoms with van der Waals surface area (Å²) in [7, 11) is 1.59. The number of anilines is 2. The number of methoxy groups -OCH3 is 1. The van der Waals surface area contributed by atoms with Crippen LogP contribution >= 0.6 is 0 Å². The second-order valence-electron chi connectivity index (χ2n) is 9.40. The maximum atomic E-state index is 13.6. The van der Waals surface area contributed by atoms with Crippen molar-refractivity contribution < 1.29 is 14.3 Å². The number of rotatable bonds is 6. The topological polar surface area (TPSA) is 58.6 Å².